The number of carbonyl (C=O) groups excluding carboxylic acids is 2. The minimum absolute atomic E-state index is 0.0762. The normalized spacial score (nSPS) is 10.4. The monoisotopic (exact) mass is 319 g/mol. The number of nitrogens with zero attached hydrogens (tertiary/aromatic N) is 1. The smallest absolute Gasteiger partial charge is 0.258 e. The van der Waals surface area contributed by atoms with E-state index in [-0.39, 0.29) is 11.7 Å². The van der Waals surface area contributed by atoms with E-state index in [0.717, 1.165) is 11.3 Å². The standard InChI is InChI=1S/C20H17NO3/c1-2-21(17-9-4-3-5-10-17)20(23)16-8-6-7-15(13-16)19-12-11-18(14-22)24-19/h3-14H,2H2,1H3. The highest BCUT2D eigenvalue weighted by atomic mass is 16.3. The van der Waals surface area contributed by atoms with Crippen LogP contribution in [-0.4, -0.2) is 18.7 Å². The molecule has 0 atom stereocenters. The van der Waals surface area contributed by atoms with Gasteiger partial charge in [-0.05, 0) is 43.3 Å². The molecule has 0 saturated heterocycles. The van der Waals surface area contributed by atoms with Crippen LogP contribution in [0.3, 0.4) is 0 Å². The van der Waals surface area contributed by atoms with E-state index >= 15 is 0 Å². The quantitative estimate of drug-likeness (QED) is 0.654. The minimum Gasteiger partial charge on any atom is -0.453 e. The maximum absolute atomic E-state index is 12.9. The fourth-order valence-electron chi connectivity index (χ4n) is 2.58. The molecular weight excluding hydrogens is 302 g/mol. The van der Waals surface area contributed by atoms with Gasteiger partial charge in [-0.25, -0.2) is 0 Å². The third-order valence-corrected chi connectivity index (χ3v) is 3.77. The highest BCUT2D eigenvalue weighted by Crippen LogP contribution is 2.24. The Hall–Kier alpha value is -3.14. The summed E-state index contributed by atoms with van der Waals surface area (Å²) >= 11 is 0. The van der Waals surface area contributed by atoms with Crippen molar-refractivity contribution in [2.24, 2.45) is 0 Å². The summed E-state index contributed by atoms with van der Waals surface area (Å²) in [5.41, 5.74) is 2.19. The van der Waals surface area contributed by atoms with Crippen LogP contribution in [0.2, 0.25) is 0 Å². The second kappa shape index (κ2) is 6.96. The Morgan fingerprint density at radius 3 is 2.50 bits per heavy atom. The van der Waals surface area contributed by atoms with Crippen LogP contribution in [0.25, 0.3) is 11.3 Å². The molecule has 0 bridgehead atoms. The van der Waals surface area contributed by atoms with Crippen LogP contribution in [0.1, 0.15) is 27.8 Å². The second-order valence-electron chi connectivity index (χ2n) is 5.29. The minimum atomic E-state index is -0.0762. The molecule has 4 heteroatoms. The lowest BCUT2D eigenvalue weighted by Crippen LogP contribution is -2.30. The van der Waals surface area contributed by atoms with Gasteiger partial charge in [0.25, 0.3) is 5.91 Å². The average molecular weight is 319 g/mol. The van der Waals surface area contributed by atoms with E-state index in [0.29, 0.717) is 24.2 Å². The van der Waals surface area contributed by atoms with E-state index in [9.17, 15) is 9.59 Å². The summed E-state index contributed by atoms with van der Waals surface area (Å²) in [6.45, 7) is 2.51. The Labute approximate surface area is 140 Å². The van der Waals surface area contributed by atoms with Crippen molar-refractivity contribution in [3.63, 3.8) is 0 Å². The van der Waals surface area contributed by atoms with E-state index in [2.05, 4.69) is 0 Å². The van der Waals surface area contributed by atoms with Gasteiger partial charge in [-0.1, -0.05) is 30.3 Å². The highest BCUT2D eigenvalue weighted by Gasteiger charge is 2.17. The zero-order valence-electron chi connectivity index (χ0n) is 13.3. The van der Waals surface area contributed by atoms with Gasteiger partial charge in [0.2, 0.25) is 0 Å². The molecule has 0 aliphatic heterocycles. The van der Waals surface area contributed by atoms with Gasteiger partial charge >= 0.3 is 0 Å². The number of hydrogen-bond acceptors (Lipinski definition) is 3. The largest absolute Gasteiger partial charge is 0.453 e. The van der Waals surface area contributed by atoms with E-state index in [1.165, 1.54) is 0 Å². The zero-order valence-corrected chi connectivity index (χ0v) is 13.3. The number of rotatable bonds is 5. The maximum Gasteiger partial charge on any atom is 0.258 e. The summed E-state index contributed by atoms with van der Waals surface area (Å²) in [7, 11) is 0. The summed E-state index contributed by atoms with van der Waals surface area (Å²) in [5.74, 6) is 0.753. The second-order valence-corrected chi connectivity index (χ2v) is 5.29. The van der Waals surface area contributed by atoms with Gasteiger partial charge < -0.3 is 9.32 Å². The molecule has 0 radical (unpaired) electrons. The van der Waals surface area contributed by atoms with Crippen molar-refractivity contribution in [2.45, 2.75) is 6.92 Å². The van der Waals surface area contributed by atoms with E-state index in [4.69, 9.17) is 4.42 Å². The number of benzene rings is 2. The van der Waals surface area contributed by atoms with Crippen molar-refractivity contribution in [1.82, 2.24) is 0 Å². The molecule has 1 amide bonds. The Kier molecular flexibility index (Phi) is 4.57. The topological polar surface area (TPSA) is 50.5 Å². The average Bonchev–Trinajstić information content (AvgIpc) is 3.12. The third-order valence-electron chi connectivity index (χ3n) is 3.77. The Balaban J connectivity index is 1.92. The molecule has 0 spiro atoms. The van der Waals surface area contributed by atoms with Crippen LogP contribution >= 0.6 is 0 Å². The van der Waals surface area contributed by atoms with Gasteiger partial charge in [-0.3, -0.25) is 9.59 Å². The maximum atomic E-state index is 12.9. The lowest BCUT2D eigenvalue weighted by atomic mass is 10.1. The van der Waals surface area contributed by atoms with E-state index in [1.54, 1.807) is 29.2 Å². The highest BCUT2D eigenvalue weighted by molar-refractivity contribution is 6.06. The van der Waals surface area contributed by atoms with Crippen molar-refractivity contribution in [2.75, 3.05) is 11.4 Å². The number of amides is 1. The molecule has 4 nitrogen and oxygen atoms in total. The van der Waals surface area contributed by atoms with Crippen LogP contribution < -0.4 is 4.90 Å². The number of hydrogen-bond donors (Lipinski definition) is 0. The summed E-state index contributed by atoms with van der Waals surface area (Å²) < 4.78 is 5.43. The molecule has 0 N–H and O–H groups in total. The molecule has 0 saturated carbocycles. The lowest BCUT2D eigenvalue weighted by Gasteiger charge is -2.21. The van der Waals surface area contributed by atoms with Crippen LogP contribution in [-0.2, 0) is 0 Å². The van der Waals surface area contributed by atoms with Crippen LogP contribution in [0.15, 0.2) is 71.1 Å². The molecular formula is C20H17NO3. The molecule has 1 heterocycles. The summed E-state index contributed by atoms with van der Waals surface area (Å²) in [6, 6.07) is 20.1. The molecule has 1 aromatic heterocycles. The first-order valence-electron chi connectivity index (χ1n) is 7.75. The van der Waals surface area contributed by atoms with Gasteiger partial charge in [0.1, 0.15) is 5.76 Å². The van der Waals surface area contributed by atoms with Crippen LogP contribution in [0.5, 0.6) is 0 Å². The molecule has 24 heavy (non-hydrogen) atoms. The summed E-state index contributed by atoms with van der Waals surface area (Å²) in [6.07, 6.45) is 0.659. The van der Waals surface area contributed by atoms with Gasteiger partial charge in [0, 0.05) is 23.4 Å². The van der Waals surface area contributed by atoms with Crippen molar-refractivity contribution < 1.29 is 14.0 Å². The molecule has 0 aliphatic rings. The van der Waals surface area contributed by atoms with Crippen molar-refractivity contribution in [3.05, 3.63) is 78.1 Å². The van der Waals surface area contributed by atoms with Crippen LogP contribution in [0, 0.1) is 0 Å². The first kappa shape index (κ1) is 15.7. The SMILES string of the molecule is CCN(C(=O)c1cccc(-c2ccc(C=O)o2)c1)c1ccccc1. The molecule has 2 aromatic carbocycles. The Morgan fingerprint density at radius 1 is 1.04 bits per heavy atom. The number of carbonyl (C=O) groups is 2. The number of anilines is 1. The predicted octanol–water partition coefficient (Wildman–Crippen LogP) is 4.43. The molecule has 0 unspecified atom stereocenters. The molecule has 0 fully saturated rings. The van der Waals surface area contributed by atoms with Gasteiger partial charge in [-0.2, -0.15) is 0 Å². The van der Waals surface area contributed by atoms with Gasteiger partial charge in [0.05, 0.1) is 0 Å². The predicted molar refractivity (Wildman–Crippen MR) is 93.3 cm³/mol. The number of para-hydroxylation sites is 1. The first-order valence-corrected chi connectivity index (χ1v) is 7.75. The molecule has 3 aromatic rings. The van der Waals surface area contributed by atoms with E-state index < -0.39 is 0 Å². The van der Waals surface area contributed by atoms with Crippen molar-refractivity contribution >= 4 is 17.9 Å². The van der Waals surface area contributed by atoms with Crippen molar-refractivity contribution in [1.29, 1.82) is 0 Å². The molecule has 3 rings (SSSR count). The Morgan fingerprint density at radius 2 is 1.83 bits per heavy atom. The lowest BCUT2D eigenvalue weighted by molar-refractivity contribution is 0.0988. The fourth-order valence-corrected chi connectivity index (χ4v) is 2.58. The van der Waals surface area contributed by atoms with Gasteiger partial charge in [-0.15, -0.1) is 0 Å². The zero-order chi connectivity index (χ0) is 16.9. The molecule has 120 valence electrons. The third kappa shape index (κ3) is 3.13. The summed E-state index contributed by atoms with van der Waals surface area (Å²) in [4.78, 5) is 25.3. The summed E-state index contributed by atoms with van der Waals surface area (Å²) in [5, 5.41) is 0. The first-order chi connectivity index (χ1) is 11.7. The Bertz CT molecular complexity index is 852. The van der Waals surface area contributed by atoms with Gasteiger partial charge in [0.15, 0.2) is 12.0 Å². The number of aldehydes is 1. The van der Waals surface area contributed by atoms with Crippen LogP contribution in [0.4, 0.5) is 5.69 Å². The number of furan rings is 1. The van der Waals surface area contributed by atoms with E-state index in [1.807, 2.05) is 49.4 Å². The van der Waals surface area contributed by atoms with Crippen molar-refractivity contribution in [3.8, 4) is 11.3 Å². The fraction of sp³-hybridized carbons (Fsp3) is 0.100. The molecule has 0 aliphatic carbocycles.